The second-order valence-electron chi connectivity index (χ2n) is 13.9. The average molecular weight is 673 g/mol. The Morgan fingerprint density at radius 3 is 1.55 bits per heavy atom. The maximum absolute atomic E-state index is 5.13. The van der Waals surface area contributed by atoms with Gasteiger partial charge in [0.25, 0.3) is 0 Å². The van der Waals surface area contributed by atoms with Crippen molar-refractivity contribution < 1.29 is 0 Å². The van der Waals surface area contributed by atoms with Gasteiger partial charge in [-0.05, 0) is 119 Å². The highest BCUT2D eigenvalue weighted by atomic mass is 15.1. The smallest absolute Gasteiger partial charge is 0.145 e. The molecule has 0 aliphatic carbocycles. The zero-order valence-electron chi connectivity index (χ0n) is 28.9. The summed E-state index contributed by atoms with van der Waals surface area (Å²) < 4.78 is 2.26. The van der Waals surface area contributed by atoms with Crippen LogP contribution in [0.15, 0.2) is 194 Å². The van der Waals surface area contributed by atoms with Gasteiger partial charge in [-0.15, -0.1) is 0 Å². The lowest BCUT2D eigenvalue weighted by Gasteiger charge is -2.18. The van der Waals surface area contributed by atoms with Crippen LogP contribution in [0.1, 0.15) is 0 Å². The molecule has 10 aromatic carbocycles. The molecule has 0 N–H and O–H groups in total. The first kappa shape index (κ1) is 29.7. The number of nitrogens with zero attached hydrogens (tertiary/aromatic N) is 2. The first-order valence-electron chi connectivity index (χ1n) is 18.2. The molecule has 0 atom stereocenters. The molecular weight excluding hydrogens is 641 g/mol. The molecular formula is C51H32N2. The van der Waals surface area contributed by atoms with E-state index < -0.39 is 0 Å². The van der Waals surface area contributed by atoms with Crippen LogP contribution in [0.25, 0.3) is 104 Å². The molecule has 11 aromatic rings. The predicted molar refractivity (Wildman–Crippen MR) is 225 cm³/mol. The topological polar surface area (TPSA) is 17.8 Å². The quantitative estimate of drug-likeness (QED) is 0.134. The summed E-state index contributed by atoms with van der Waals surface area (Å²) in [6.45, 7) is 0. The fourth-order valence-corrected chi connectivity index (χ4v) is 8.49. The van der Waals surface area contributed by atoms with Crippen molar-refractivity contribution in [2.75, 3.05) is 0 Å². The molecule has 0 aliphatic rings. The van der Waals surface area contributed by atoms with Gasteiger partial charge < -0.3 is 0 Å². The Morgan fingerprint density at radius 2 is 0.830 bits per heavy atom. The first-order chi connectivity index (χ1) is 26.3. The van der Waals surface area contributed by atoms with E-state index in [2.05, 4.69) is 199 Å². The normalized spacial score (nSPS) is 11.8. The second-order valence-corrected chi connectivity index (χ2v) is 13.9. The summed E-state index contributed by atoms with van der Waals surface area (Å²) in [5.74, 6) is 0.936. The average Bonchev–Trinajstić information content (AvgIpc) is 3.62. The highest BCUT2D eigenvalue weighted by molar-refractivity contribution is 6.22. The van der Waals surface area contributed by atoms with Gasteiger partial charge in [0.2, 0.25) is 0 Å². The van der Waals surface area contributed by atoms with E-state index in [1.807, 2.05) is 0 Å². The van der Waals surface area contributed by atoms with E-state index in [0.717, 1.165) is 28.1 Å². The standard InChI is InChI=1S/C51H32N2/c1-2-14-40(15-3-1)53-48-21-11-10-20-47(48)52-51(53)35-26-24-34(25-27-35)49-41-16-6-8-18-43(41)50(44-19-9-7-17-42(44)49)39-29-23-33-22-28-38-30-36-12-4-5-13-37(36)31-46(38)45(33)32-39/h1-32H. The van der Waals surface area contributed by atoms with Gasteiger partial charge in [0, 0.05) is 11.3 Å². The van der Waals surface area contributed by atoms with Crippen molar-refractivity contribution in [2.24, 2.45) is 0 Å². The van der Waals surface area contributed by atoms with Crippen molar-refractivity contribution in [1.82, 2.24) is 9.55 Å². The zero-order chi connectivity index (χ0) is 34.9. The van der Waals surface area contributed by atoms with Crippen molar-refractivity contribution in [1.29, 1.82) is 0 Å². The van der Waals surface area contributed by atoms with Crippen LogP contribution in [0.5, 0.6) is 0 Å². The highest BCUT2D eigenvalue weighted by Crippen LogP contribution is 2.45. The van der Waals surface area contributed by atoms with E-state index in [1.54, 1.807) is 0 Å². The minimum atomic E-state index is 0.936. The summed E-state index contributed by atoms with van der Waals surface area (Å²) in [5.41, 5.74) is 9.20. The zero-order valence-corrected chi connectivity index (χ0v) is 28.9. The molecule has 246 valence electrons. The molecule has 0 radical (unpaired) electrons. The van der Waals surface area contributed by atoms with E-state index in [1.165, 1.54) is 76.1 Å². The van der Waals surface area contributed by atoms with Gasteiger partial charge in [-0.3, -0.25) is 4.57 Å². The summed E-state index contributed by atoms with van der Waals surface area (Å²) >= 11 is 0. The second kappa shape index (κ2) is 11.8. The third kappa shape index (κ3) is 4.70. The lowest BCUT2D eigenvalue weighted by Crippen LogP contribution is -1.97. The molecule has 0 bridgehead atoms. The molecule has 2 heteroatoms. The molecule has 0 saturated heterocycles. The highest BCUT2D eigenvalue weighted by Gasteiger charge is 2.19. The fourth-order valence-electron chi connectivity index (χ4n) is 8.49. The third-order valence-corrected chi connectivity index (χ3v) is 10.9. The lowest BCUT2D eigenvalue weighted by molar-refractivity contribution is 1.10. The van der Waals surface area contributed by atoms with Crippen LogP contribution in [0.3, 0.4) is 0 Å². The first-order valence-corrected chi connectivity index (χ1v) is 18.2. The molecule has 0 fully saturated rings. The number of rotatable bonds is 4. The van der Waals surface area contributed by atoms with Gasteiger partial charge >= 0.3 is 0 Å². The van der Waals surface area contributed by atoms with Crippen molar-refractivity contribution >= 4 is 64.9 Å². The number of fused-ring (bicyclic) bond motifs is 7. The van der Waals surface area contributed by atoms with E-state index in [0.29, 0.717) is 0 Å². The maximum Gasteiger partial charge on any atom is 0.145 e. The lowest BCUT2D eigenvalue weighted by atomic mass is 9.85. The minimum absolute atomic E-state index is 0.936. The molecule has 53 heavy (non-hydrogen) atoms. The monoisotopic (exact) mass is 672 g/mol. The van der Waals surface area contributed by atoms with Gasteiger partial charge in [0.15, 0.2) is 0 Å². The van der Waals surface area contributed by atoms with Gasteiger partial charge in [0.1, 0.15) is 5.82 Å². The number of para-hydroxylation sites is 3. The Kier molecular flexibility index (Phi) is 6.59. The molecule has 2 nitrogen and oxygen atoms in total. The van der Waals surface area contributed by atoms with Crippen LogP contribution in [0, 0.1) is 0 Å². The summed E-state index contributed by atoms with van der Waals surface area (Å²) in [7, 11) is 0. The largest absolute Gasteiger partial charge is 0.292 e. The minimum Gasteiger partial charge on any atom is -0.292 e. The molecule has 0 spiro atoms. The van der Waals surface area contributed by atoms with Gasteiger partial charge in [-0.2, -0.15) is 0 Å². The molecule has 11 rings (SSSR count). The Hall–Kier alpha value is -7.03. The van der Waals surface area contributed by atoms with Crippen LogP contribution in [-0.2, 0) is 0 Å². The molecule has 0 aliphatic heterocycles. The van der Waals surface area contributed by atoms with Crippen molar-refractivity contribution in [3.05, 3.63) is 194 Å². The van der Waals surface area contributed by atoms with Crippen molar-refractivity contribution in [2.45, 2.75) is 0 Å². The van der Waals surface area contributed by atoms with E-state index >= 15 is 0 Å². The summed E-state index contributed by atoms with van der Waals surface area (Å²) in [6, 6.07) is 70.5. The van der Waals surface area contributed by atoms with Gasteiger partial charge in [-0.25, -0.2) is 4.98 Å². The van der Waals surface area contributed by atoms with Crippen LogP contribution in [-0.4, -0.2) is 9.55 Å². The Labute approximate surface area is 306 Å². The predicted octanol–water partition coefficient (Wildman–Crippen LogP) is 13.8. The Morgan fingerprint density at radius 1 is 0.321 bits per heavy atom. The fraction of sp³-hybridized carbons (Fsp3) is 0. The molecule has 1 heterocycles. The molecule has 0 unspecified atom stereocenters. The summed E-state index contributed by atoms with van der Waals surface area (Å²) in [6.07, 6.45) is 0. The van der Waals surface area contributed by atoms with E-state index in [4.69, 9.17) is 4.98 Å². The van der Waals surface area contributed by atoms with E-state index in [9.17, 15) is 0 Å². The van der Waals surface area contributed by atoms with Gasteiger partial charge in [0.05, 0.1) is 11.0 Å². The maximum atomic E-state index is 5.13. The SMILES string of the molecule is c1ccc(-n2c(-c3ccc(-c4c5ccccc5c(-c5ccc6ccc7cc8ccccc8cc7c6c5)c5ccccc45)cc3)nc3ccccc32)cc1. The van der Waals surface area contributed by atoms with E-state index in [-0.39, 0.29) is 0 Å². The van der Waals surface area contributed by atoms with Crippen LogP contribution in [0.2, 0.25) is 0 Å². The van der Waals surface area contributed by atoms with Crippen LogP contribution in [0.4, 0.5) is 0 Å². The number of hydrogen-bond donors (Lipinski definition) is 0. The van der Waals surface area contributed by atoms with Crippen molar-refractivity contribution in [3.8, 4) is 39.3 Å². The molecule has 0 amide bonds. The summed E-state index contributed by atoms with van der Waals surface area (Å²) in [5, 5.41) is 12.6. The molecule has 1 aromatic heterocycles. The van der Waals surface area contributed by atoms with Gasteiger partial charge in [-0.1, -0.05) is 152 Å². The number of hydrogen-bond acceptors (Lipinski definition) is 1. The van der Waals surface area contributed by atoms with Crippen molar-refractivity contribution in [3.63, 3.8) is 0 Å². The van der Waals surface area contributed by atoms with Crippen LogP contribution < -0.4 is 0 Å². The number of aromatic nitrogens is 2. The Bertz CT molecular complexity index is 3150. The van der Waals surface area contributed by atoms with Crippen LogP contribution >= 0.6 is 0 Å². The number of benzene rings is 10. The molecule has 0 saturated carbocycles. The third-order valence-electron chi connectivity index (χ3n) is 10.9. The summed E-state index contributed by atoms with van der Waals surface area (Å²) in [4.78, 5) is 5.13. The Balaban J connectivity index is 1.11. The number of imidazole rings is 1.